The molecule has 0 aliphatic heterocycles. The van der Waals surface area contributed by atoms with E-state index in [9.17, 15) is 9.59 Å². The number of aromatic nitrogens is 1. The smallest absolute Gasteiger partial charge is 0.248 e. The third-order valence-electron chi connectivity index (χ3n) is 2.92. The number of rotatable bonds is 4. The highest BCUT2D eigenvalue weighted by Gasteiger charge is 2.08. The molecule has 0 aliphatic rings. The summed E-state index contributed by atoms with van der Waals surface area (Å²) in [7, 11) is 1.83. The van der Waals surface area contributed by atoms with Crippen molar-refractivity contribution in [1.29, 1.82) is 0 Å². The minimum absolute atomic E-state index is 0.0240. The normalized spacial score (nSPS) is 11.6. The van der Waals surface area contributed by atoms with Crippen LogP contribution in [0.25, 0.3) is 0 Å². The van der Waals surface area contributed by atoms with Crippen molar-refractivity contribution in [2.45, 2.75) is 19.8 Å². The molecule has 2 aromatic rings. The van der Waals surface area contributed by atoms with Crippen LogP contribution in [0, 0.1) is 6.92 Å². The second-order valence-corrected chi connectivity index (χ2v) is 5.46. The first-order valence-electron chi connectivity index (χ1n) is 6.34. The molecule has 104 valence electrons. The molecule has 0 radical (unpaired) electrons. The Hall–Kier alpha value is -2.01. The van der Waals surface area contributed by atoms with Crippen LogP contribution in [0.3, 0.4) is 0 Å². The molecule has 0 bridgehead atoms. The first-order valence-corrected chi connectivity index (χ1v) is 7.22. The maximum absolute atomic E-state index is 11.9. The molecule has 0 N–H and O–H groups in total. The number of Topliss-reactive ketones (excluding diaryl/α,β-unsaturated/α-hetero) is 1. The number of nitrogens with zero attached hydrogens (tertiary/aromatic N) is 2. The van der Waals surface area contributed by atoms with Gasteiger partial charge in [-0.25, -0.2) is 0 Å². The zero-order valence-electron chi connectivity index (χ0n) is 11.5. The van der Waals surface area contributed by atoms with Crippen molar-refractivity contribution in [1.82, 2.24) is 4.57 Å². The first kappa shape index (κ1) is 14.4. The van der Waals surface area contributed by atoms with Crippen LogP contribution >= 0.6 is 11.3 Å². The highest BCUT2D eigenvalue weighted by molar-refractivity contribution is 7.07. The summed E-state index contributed by atoms with van der Waals surface area (Å²) in [6.45, 7) is 1.97. The van der Waals surface area contributed by atoms with E-state index in [-0.39, 0.29) is 24.5 Å². The third-order valence-corrected chi connectivity index (χ3v) is 3.77. The number of thiazole rings is 1. The molecule has 5 heteroatoms. The van der Waals surface area contributed by atoms with Crippen LogP contribution in [0.5, 0.6) is 0 Å². The van der Waals surface area contributed by atoms with Gasteiger partial charge in [-0.1, -0.05) is 29.8 Å². The Kier molecular flexibility index (Phi) is 4.63. The van der Waals surface area contributed by atoms with Crippen LogP contribution < -0.4 is 4.80 Å². The van der Waals surface area contributed by atoms with E-state index in [1.807, 2.05) is 37.7 Å². The molecule has 0 atom stereocenters. The molecule has 2 rings (SSSR count). The van der Waals surface area contributed by atoms with E-state index in [1.54, 1.807) is 16.7 Å². The van der Waals surface area contributed by atoms with Crippen LogP contribution in [0.1, 0.15) is 28.8 Å². The first-order chi connectivity index (χ1) is 9.56. The van der Waals surface area contributed by atoms with Crippen molar-refractivity contribution in [3.8, 4) is 0 Å². The SMILES string of the molecule is Cc1ccc(C(=O)CCC(=O)N=c2sccn2C)cc1. The van der Waals surface area contributed by atoms with Crippen LogP contribution in [0.2, 0.25) is 0 Å². The van der Waals surface area contributed by atoms with Gasteiger partial charge in [-0.05, 0) is 6.92 Å². The Balaban J connectivity index is 1.95. The number of carbonyl (C=O) groups is 2. The van der Waals surface area contributed by atoms with E-state index in [4.69, 9.17) is 0 Å². The van der Waals surface area contributed by atoms with E-state index >= 15 is 0 Å². The molecule has 20 heavy (non-hydrogen) atoms. The predicted molar refractivity (Wildman–Crippen MR) is 78.6 cm³/mol. The molecule has 0 aliphatic carbocycles. The largest absolute Gasteiger partial charge is 0.327 e. The fraction of sp³-hybridized carbons (Fsp3) is 0.267. The van der Waals surface area contributed by atoms with Gasteiger partial charge in [-0.15, -0.1) is 11.3 Å². The fourth-order valence-electron chi connectivity index (χ4n) is 1.70. The van der Waals surface area contributed by atoms with Gasteiger partial charge in [0.05, 0.1) is 0 Å². The summed E-state index contributed by atoms with van der Waals surface area (Å²) in [6, 6.07) is 7.37. The monoisotopic (exact) mass is 288 g/mol. The summed E-state index contributed by atoms with van der Waals surface area (Å²) in [6.07, 6.45) is 2.18. The lowest BCUT2D eigenvalue weighted by Crippen LogP contribution is -2.13. The average molecular weight is 288 g/mol. The molecule has 0 unspecified atom stereocenters. The predicted octanol–water partition coefficient (Wildman–Crippen LogP) is 2.49. The van der Waals surface area contributed by atoms with Gasteiger partial charge >= 0.3 is 0 Å². The highest BCUT2D eigenvalue weighted by atomic mass is 32.1. The van der Waals surface area contributed by atoms with E-state index in [0.29, 0.717) is 10.4 Å². The highest BCUT2D eigenvalue weighted by Crippen LogP contribution is 2.08. The van der Waals surface area contributed by atoms with Gasteiger partial charge in [-0.2, -0.15) is 4.99 Å². The van der Waals surface area contributed by atoms with Gasteiger partial charge in [0, 0.05) is 37.0 Å². The summed E-state index contributed by atoms with van der Waals surface area (Å²) < 4.78 is 1.78. The molecule has 0 spiro atoms. The second kappa shape index (κ2) is 6.43. The van der Waals surface area contributed by atoms with Crippen molar-refractivity contribution in [3.05, 3.63) is 51.8 Å². The fourth-order valence-corrected chi connectivity index (χ4v) is 2.45. The number of hydrogen-bond donors (Lipinski definition) is 0. The minimum atomic E-state index is -0.261. The average Bonchev–Trinajstić information content (AvgIpc) is 2.82. The van der Waals surface area contributed by atoms with Crippen LogP contribution in [-0.2, 0) is 11.8 Å². The number of hydrogen-bond acceptors (Lipinski definition) is 3. The topological polar surface area (TPSA) is 51.4 Å². The maximum atomic E-state index is 11.9. The molecule has 1 amide bonds. The summed E-state index contributed by atoms with van der Waals surface area (Å²) in [5.41, 5.74) is 1.75. The van der Waals surface area contributed by atoms with Crippen LogP contribution in [-0.4, -0.2) is 16.3 Å². The molecule has 1 heterocycles. The van der Waals surface area contributed by atoms with E-state index in [1.165, 1.54) is 11.3 Å². The molecule has 0 saturated carbocycles. The number of benzene rings is 1. The summed E-state index contributed by atoms with van der Waals surface area (Å²) >= 11 is 1.40. The maximum Gasteiger partial charge on any atom is 0.248 e. The van der Waals surface area contributed by atoms with Gasteiger partial charge in [0.25, 0.3) is 0 Å². The Labute approximate surface area is 121 Å². The molecule has 0 saturated heterocycles. The number of carbonyl (C=O) groups excluding carboxylic acids is 2. The van der Waals surface area contributed by atoms with Crippen LogP contribution in [0.15, 0.2) is 40.8 Å². The van der Waals surface area contributed by atoms with Crippen molar-refractivity contribution < 1.29 is 9.59 Å². The van der Waals surface area contributed by atoms with Crippen molar-refractivity contribution in [2.75, 3.05) is 0 Å². The van der Waals surface area contributed by atoms with Gasteiger partial charge in [0.1, 0.15) is 0 Å². The van der Waals surface area contributed by atoms with E-state index in [0.717, 1.165) is 5.56 Å². The Morgan fingerprint density at radius 3 is 2.50 bits per heavy atom. The van der Waals surface area contributed by atoms with Crippen molar-refractivity contribution >= 4 is 23.0 Å². The van der Waals surface area contributed by atoms with Gasteiger partial charge in [0.15, 0.2) is 10.6 Å². The Morgan fingerprint density at radius 1 is 1.20 bits per heavy atom. The second-order valence-electron chi connectivity index (χ2n) is 4.59. The zero-order valence-corrected chi connectivity index (χ0v) is 12.3. The quantitative estimate of drug-likeness (QED) is 0.812. The number of amides is 1. The zero-order chi connectivity index (χ0) is 14.5. The molecular formula is C15H16N2O2S. The van der Waals surface area contributed by atoms with Crippen molar-refractivity contribution in [3.63, 3.8) is 0 Å². The van der Waals surface area contributed by atoms with Gasteiger partial charge in [0.2, 0.25) is 5.91 Å². The Morgan fingerprint density at radius 2 is 1.90 bits per heavy atom. The molecule has 1 aromatic carbocycles. The minimum Gasteiger partial charge on any atom is -0.327 e. The lowest BCUT2D eigenvalue weighted by atomic mass is 10.1. The lowest BCUT2D eigenvalue weighted by molar-refractivity contribution is -0.118. The summed E-state index contributed by atoms with van der Waals surface area (Å²) in [5, 5.41) is 1.86. The standard InChI is InChI=1S/C15H16N2O2S/c1-11-3-5-12(6-4-11)13(18)7-8-14(19)16-15-17(2)9-10-20-15/h3-6,9-10H,7-8H2,1-2H3. The van der Waals surface area contributed by atoms with E-state index < -0.39 is 0 Å². The number of aryl methyl sites for hydroxylation is 2. The van der Waals surface area contributed by atoms with Gasteiger partial charge in [-0.3, -0.25) is 9.59 Å². The lowest BCUT2D eigenvalue weighted by Gasteiger charge is -2.00. The molecule has 4 nitrogen and oxygen atoms in total. The Bertz CT molecular complexity index is 680. The number of ketones is 1. The van der Waals surface area contributed by atoms with Gasteiger partial charge < -0.3 is 4.57 Å². The van der Waals surface area contributed by atoms with Crippen LogP contribution in [0.4, 0.5) is 0 Å². The summed E-state index contributed by atoms with van der Waals surface area (Å²) in [5.74, 6) is -0.285. The summed E-state index contributed by atoms with van der Waals surface area (Å²) in [4.78, 5) is 28.3. The van der Waals surface area contributed by atoms with Crippen molar-refractivity contribution in [2.24, 2.45) is 12.0 Å². The van der Waals surface area contributed by atoms with E-state index in [2.05, 4.69) is 4.99 Å². The molecule has 1 aromatic heterocycles. The third kappa shape index (κ3) is 3.74. The molecular weight excluding hydrogens is 272 g/mol. The molecule has 0 fully saturated rings.